The Bertz CT molecular complexity index is 964. The Morgan fingerprint density at radius 2 is 1.92 bits per heavy atom. The molecule has 0 aliphatic rings. The zero-order valence-corrected chi connectivity index (χ0v) is 15.7. The molecule has 3 rings (SSSR count). The zero-order chi connectivity index (χ0) is 18.7. The minimum atomic E-state index is 0.0949. The second-order valence-electron chi connectivity index (χ2n) is 6.45. The first kappa shape index (κ1) is 17.9. The Hall–Kier alpha value is -2.88. The van der Waals surface area contributed by atoms with Gasteiger partial charge in [-0.05, 0) is 43.5 Å². The molecule has 1 heterocycles. The van der Waals surface area contributed by atoms with Crippen molar-refractivity contribution in [2.75, 3.05) is 12.4 Å². The van der Waals surface area contributed by atoms with Gasteiger partial charge >= 0.3 is 0 Å². The highest BCUT2D eigenvalue weighted by molar-refractivity contribution is 6.09. The lowest BCUT2D eigenvalue weighted by Crippen LogP contribution is -2.07. The number of carbonyl (C=O) groups is 1. The minimum Gasteiger partial charge on any atom is -0.494 e. The van der Waals surface area contributed by atoms with Crippen LogP contribution in [0.4, 0.5) is 11.4 Å². The molecular weight excluding hydrogens is 324 g/mol. The molecule has 0 saturated heterocycles. The van der Waals surface area contributed by atoms with E-state index in [-0.39, 0.29) is 5.78 Å². The van der Waals surface area contributed by atoms with Gasteiger partial charge in [0.2, 0.25) is 0 Å². The lowest BCUT2D eigenvalue weighted by Gasteiger charge is -2.17. The summed E-state index contributed by atoms with van der Waals surface area (Å²) < 4.78 is 5.45. The highest BCUT2D eigenvalue weighted by Gasteiger charge is 2.17. The molecule has 0 unspecified atom stereocenters. The van der Waals surface area contributed by atoms with Gasteiger partial charge in [-0.3, -0.25) is 9.78 Å². The Balaban J connectivity index is 2.23. The fraction of sp³-hybridized carbons (Fsp3) is 0.273. The molecule has 0 atom stereocenters. The third-order valence-electron chi connectivity index (χ3n) is 4.72. The van der Waals surface area contributed by atoms with E-state index in [9.17, 15) is 4.79 Å². The summed E-state index contributed by atoms with van der Waals surface area (Å²) in [6.45, 7) is 6.17. The van der Waals surface area contributed by atoms with E-state index < -0.39 is 0 Å². The molecule has 4 heteroatoms. The second-order valence-corrected chi connectivity index (χ2v) is 6.45. The number of anilines is 2. The highest BCUT2D eigenvalue weighted by atomic mass is 16.5. The monoisotopic (exact) mass is 348 g/mol. The summed E-state index contributed by atoms with van der Waals surface area (Å²) in [5.41, 5.74) is 5.51. The summed E-state index contributed by atoms with van der Waals surface area (Å²) in [6, 6.07) is 11.9. The summed E-state index contributed by atoms with van der Waals surface area (Å²) >= 11 is 0. The molecule has 0 aliphatic heterocycles. The van der Waals surface area contributed by atoms with Crippen molar-refractivity contribution < 1.29 is 9.53 Å². The molecule has 134 valence electrons. The van der Waals surface area contributed by atoms with E-state index in [1.165, 1.54) is 5.56 Å². The molecule has 0 fully saturated rings. The van der Waals surface area contributed by atoms with Crippen LogP contribution in [-0.2, 0) is 0 Å². The van der Waals surface area contributed by atoms with Gasteiger partial charge in [0.15, 0.2) is 5.78 Å². The molecule has 0 amide bonds. The smallest absolute Gasteiger partial charge is 0.166 e. The predicted octanol–water partition coefficient (Wildman–Crippen LogP) is 5.59. The predicted molar refractivity (Wildman–Crippen MR) is 107 cm³/mol. The number of benzene rings is 2. The number of para-hydroxylation sites is 1. The summed E-state index contributed by atoms with van der Waals surface area (Å²) in [6.07, 6.45) is 2.97. The SMILES string of the molecule is CCCC(=O)c1cnc2c(OC)cccc2c1Nc1cccc(C)c1C. The first-order valence-corrected chi connectivity index (χ1v) is 8.89. The van der Waals surface area contributed by atoms with Gasteiger partial charge in [-0.1, -0.05) is 31.2 Å². The first-order valence-electron chi connectivity index (χ1n) is 8.89. The van der Waals surface area contributed by atoms with Gasteiger partial charge in [0.1, 0.15) is 11.3 Å². The molecule has 3 aromatic rings. The van der Waals surface area contributed by atoms with Crippen molar-refractivity contribution in [3.05, 3.63) is 59.3 Å². The molecule has 4 nitrogen and oxygen atoms in total. The normalized spacial score (nSPS) is 10.8. The van der Waals surface area contributed by atoms with E-state index in [4.69, 9.17) is 4.74 Å². The van der Waals surface area contributed by atoms with Crippen LogP contribution in [0.5, 0.6) is 5.75 Å². The molecule has 26 heavy (non-hydrogen) atoms. The number of hydrogen-bond donors (Lipinski definition) is 1. The van der Waals surface area contributed by atoms with Crippen molar-refractivity contribution in [3.8, 4) is 5.75 Å². The third kappa shape index (κ3) is 3.27. The van der Waals surface area contributed by atoms with Gasteiger partial charge in [0.25, 0.3) is 0 Å². The van der Waals surface area contributed by atoms with E-state index in [2.05, 4.69) is 30.2 Å². The van der Waals surface area contributed by atoms with Crippen molar-refractivity contribution in [1.82, 2.24) is 4.98 Å². The molecule has 0 saturated carbocycles. The Kier molecular flexibility index (Phi) is 5.21. The number of ketones is 1. The fourth-order valence-corrected chi connectivity index (χ4v) is 3.09. The van der Waals surface area contributed by atoms with E-state index in [1.807, 2.05) is 37.3 Å². The summed E-state index contributed by atoms with van der Waals surface area (Å²) in [5.74, 6) is 0.790. The molecule has 0 spiro atoms. The number of carbonyl (C=O) groups excluding carboxylic acids is 1. The molecule has 1 N–H and O–H groups in total. The Morgan fingerprint density at radius 1 is 1.15 bits per heavy atom. The van der Waals surface area contributed by atoms with Crippen LogP contribution < -0.4 is 10.1 Å². The number of nitrogens with one attached hydrogen (secondary N) is 1. The molecule has 0 bridgehead atoms. The number of hydrogen-bond acceptors (Lipinski definition) is 4. The van der Waals surface area contributed by atoms with Crippen LogP contribution in [0.25, 0.3) is 10.9 Å². The minimum absolute atomic E-state index is 0.0949. The maximum absolute atomic E-state index is 12.7. The maximum Gasteiger partial charge on any atom is 0.166 e. The van der Waals surface area contributed by atoms with E-state index in [0.717, 1.165) is 34.3 Å². The van der Waals surface area contributed by atoms with Gasteiger partial charge in [-0.25, -0.2) is 0 Å². The number of fused-ring (bicyclic) bond motifs is 1. The Labute approximate surface area is 154 Å². The van der Waals surface area contributed by atoms with Crippen LogP contribution in [0.1, 0.15) is 41.3 Å². The van der Waals surface area contributed by atoms with Gasteiger partial charge in [0.05, 0.1) is 18.4 Å². The second kappa shape index (κ2) is 7.56. The van der Waals surface area contributed by atoms with Gasteiger partial charge in [0, 0.05) is 23.7 Å². The van der Waals surface area contributed by atoms with Crippen molar-refractivity contribution in [2.45, 2.75) is 33.6 Å². The lowest BCUT2D eigenvalue weighted by molar-refractivity contribution is 0.0982. The maximum atomic E-state index is 12.7. The van der Waals surface area contributed by atoms with Crippen LogP contribution in [0, 0.1) is 13.8 Å². The lowest BCUT2D eigenvalue weighted by atomic mass is 10.0. The van der Waals surface area contributed by atoms with Gasteiger partial charge in [-0.15, -0.1) is 0 Å². The number of aromatic nitrogens is 1. The summed E-state index contributed by atoms with van der Waals surface area (Å²) in [7, 11) is 1.63. The highest BCUT2D eigenvalue weighted by Crippen LogP contribution is 2.35. The van der Waals surface area contributed by atoms with Crippen molar-refractivity contribution in [1.29, 1.82) is 0 Å². The molecule has 2 aromatic carbocycles. The number of nitrogens with zero attached hydrogens (tertiary/aromatic N) is 1. The molecule has 1 aromatic heterocycles. The summed E-state index contributed by atoms with van der Waals surface area (Å²) in [5, 5.41) is 4.38. The van der Waals surface area contributed by atoms with Crippen LogP contribution >= 0.6 is 0 Å². The first-order chi connectivity index (χ1) is 12.6. The van der Waals surface area contributed by atoms with Crippen LogP contribution in [-0.4, -0.2) is 17.9 Å². The number of aryl methyl sites for hydroxylation is 1. The number of rotatable bonds is 6. The molecule has 0 radical (unpaired) electrons. The largest absolute Gasteiger partial charge is 0.494 e. The van der Waals surface area contributed by atoms with E-state index in [0.29, 0.717) is 17.7 Å². The summed E-state index contributed by atoms with van der Waals surface area (Å²) in [4.78, 5) is 17.2. The van der Waals surface area contributed by atoms with Crippen molar-refractivity contribution >= 4 is 28.1 Å². The third-order valence-corrected chi connectivity index (χ3v) is 4.72. The zero-order valence-electron chi connectivity index (χ0n) is 15.7. The van der Waals surface area contributed by atoms with Crippen LogP contribution in [0.15, 0.2) is 42.6 Å². The topological polar surface area (TPSA) is 51.2 Å². The average Bonchev–Trinajstić information content (AvgIpc) is 2.65. The van der Waals surface area contributed by atoms with E-state index >= 15 is 0 Å². The van der Waals surface area contributed by atoms with Gasteiger partial charge in [-0.2, -0.15) is 0 Å². The molecule has 0 aliphatic carbocycles. The van der Waals surface area contributed by atoms with Crippen LogP contribution in [0.3, 0.4) is 0 Å². The standard InChI is InChI=1S/C22H24N2O2/c1-5-8-19(25)17-13-23-22-16(10-7-12-20(22)26-4)21(17)24-18-11-6-9-14(2)15(18)3/h6-7,9-13H,5,8H2,1-4H3,(H,23,24). The Morgan fingerprint density at radius 3 is 2.65 bits per heavy atom. The van der Waals surface area contributed by atoms with Crippen LogP contribution in [0.2, 0.25) is 0 Å². The number of methoxy groups -OCH3 is 1. The van der Waals surface area contributed by atoms with E-state index in [1.54, 1.807) is 13.3 Å². The average molecular weight is 348 g/mol. The number of Topliss-reactive ketones (excluding diaryl/α,β-unsaturated/α-hetero) is 1. The van der Waals surface area contributed by atoms with Crippen molar-refractivity contribution in [3.63, 3.8) is 0 Å². The number of ether oxygens (including phenoxy) is 1. The van der Waals surface area contributed by atoms with Gasteiger partial charge < -0.3 is 10.1 Å². The fourth-order valence-electron chi connectivity index (χ4n) is 3.09. The van der Waals surface area contributed by atoms with Crippen molar-refractivity contribution in [2.24, 2.45) is 0 Å². The molecular formula is C22H24N2O2. The number of pyridine rings is 1. The quantitative estimate of drug-likeness (QED) is 0.590.